The van der Waals surface area contributed by atoms with Crippen molar-refractivity contribution in [2.45, 2.75) is 43.9 Å². The number of nitrogens with one attached hydrogen (secondary N) is 2. The highest BCUT2D eigenvalue weighted by atomic mass is 32.2. The molecule has 0 saturated carbocycles. The normalized spacial score (nSPS) is 19.8. The molecule has 0 radical (unpaired) electrons. The molecule has 2 atom stereocenters. The molecule has 0 saturated heterocycles. The zero-order chi connectivity index (χ0) is 18.1. The van der Waals surface area contributed by atoms with Gasteiger partial charge < -0.3 is 5.32 Å². The molecule has 0 fully saturated rings. The van der Waals surface area contributed by atoms with Gasteiger partial charge in [-0.25, -0.2) is 5.48 Å². The number of hydrogen-bond acceptors (Lipinski definition) is 6. The Kier molecular flexibility index (Phi) is 8.17. The van der Waals surface area contributed by atoms with Crippen LogP contribution < -0.4 is 10.8 Å². The summed E-state index contributed by atoms with van der Waals surface area (Å²) in [6.45, 7) is 2.61. The van der Waals surface area contributed by atoms with Crippen molar-refractivity contribution in [3.05, 3.63) is 28.5 Å². The molecule has 0 spiro atoms. The lowest BCUT2D eigenvalue weighted by atomic mass is 10.1. The summed E-state index contributed by atoms with van der Waals surface area (Å²) in [6.07, 6.45) is 4.59. The summed E-state index contributed by atoms with van der Waals surface area (Å²) >= 11 is 3.18. The van der Waals surface area contributed by atoms with Gasteiger partial charge in [0.15, 0.2) is 0 Å². The van der Waals surface area contributed by atoms with E-state index in [0.29, 0.717) is 25.0 Å². The molecule has 0 aliphatic carbocycles. The second-order valence-electron chi connectivity index (χ2n) is 5.75. The Morgan fingerprint density at radius 2 is 2.20 bits per heavy atom. The molecule has 2 heterocycles. The predicted octanol–water partition coefficient (Wildman–Crippen LogP) is 2.85. The summed E-state index contributed by atoms with van der Waals surface area (Å²) in [5, 5.41) is 13.5. The summed E-state index contributed by atoms with van der Waals surface area (Å²) < 4.78 is 0. The Morgan fingerprint density at radius 3 is 2.84 bits per heavy atom. The predicted molar refractivity (Wildman–Crippen MR) is 103 cm³/mol. The van der Waals surface area contributed by atoms with Crippen LogP contribution >= 0.6 is 23.1 Å². The minimum absolute atomic E-state index is 0.0738. The first-order chi connectivity index (χ1) is 12.1. The van der Waals surface area contributed by atoms with E-state index in [9.17, 15) is 9.59 Å². The number of thioether (sulfide) groups is 1. The smallest absolute Gasteiger partial charge is 0.252 e. The van der Waals surface area contributed by atoms with Crippen LogP contribution in [-0.2, 0) is 9.59 Å². The van der Waals surface area contributed by atoms with Crippen LogP contribution in [0.25, 0.3) is 5.57 Å². The average molecular weight is 382 g/mol. The monoisotopic (exact) mass is 381 g/mol. The van der Waals surface area contributed by atoms with Crippen molar-refractivity contribution in [1.82, 2.24) is 10.8 Å². The zero-order valence-corrected chi connectivity index (χ0v) is 15.7. The first-order valence-electron chi connectivity index (χ1n) is 8.25. The van der Waals surface area contributed by atoms with Crippen LogP contribution in [-0.4, -0.2) is 40.4 Å². The summed E-state index contributed by atoms with van der Waals surface area (Å²) in [6, 6.07) is 4.06. The zero-order valence-electron chi connectivity index (χ0n) is 14.1. The summed E-state index contributed by atoms with van der Waals surface area (Å²) in [5.41, 5.74) is 4.16. The highest BCUT2D eigenvalue weighted by Gasteiger charge is 2.22. The van der Waals surface area contributed by atoms with Crippen LogP contribution in [0, 0.1) is 0 Å². The first-order valence-corrected chi connectivity index (χ1v) is 10.1. The minimum atomic E-state index is -0.377. The second kappa shape index (κ2) is 10.4. The van der Waals surface area contributed by atoms with Crippen LogP contribution in [0.2, 0.25) is 0 Å². The molecule has 0 bridgehead atoms. The van der Waals surface area contributed by atoms with Crippen molar-refractivity contribution in [3.63, 3.8) is 0 Å². The number of unbranched alkanes of at least 4 members (excludes halogenated alkanes) is 2. The third kappa shape index (κ3) is 6.30. The van der Waals surface area contributed by atoms with E-state index in [2.05, 4.69) is 10.3 Å². The lowest BCUT2D eigenvalue weighted by Crippen LogP contribution is -2.26. The molecule has 1 aromatic rings. The van der Waals surface area contributed by atoms with Crippen LogP contribution in [0.15, 0.2) is 28.6 Å². The molecular weight excluding hydrogens is 358 g/mol. The maximum Gasteiger partial charge on any atom is 0.252 e. The van der Waals surface area contributed by atoms with Crippen molar-refractivity contribution < 1.29 is 14.8 Å². The van der Waals surface area contributed by atoms with E-state index in [4.69, 9.17) is 5.21 Å². The minimum Gasteiger partial charge on any atom is -0.352 e. The molecule has 2 amide bonds. The number of nitrogens with zero attached hydrogens (tertiary/aromatic N) is 1. The number of rotatable bonds is 9. The van der Waals surface area contributed by atoms with Gasteiger partial charge in [-0.15, -0.1) is 23.1 Å². The van der Waals surface area contributed by atoms with Crippen molar-refractivity contribution in [3.8, 4) is 0 Å². The van der Waals surface area contributed by atoms with Gasteiger partial charge in [-0.05, 0) is 31.2 Å². The second-order valence-corrected chi connectivity index (χ2v) is 7.73. The van der Waals surface area contributed by atoms with E-state index in [0.717, 1.165) is 17.7 Å². The lowest BCUT2D eigenvalue weighted by Gasteiger charge is -2.12. The fourth-order valence-electron chi connectivity index (χ4n) is 2.38. The molecule has 1 aliphatic rings. The van der Waals surface area contributed by atoms with E-state index in [1.165, 1.54) is 0 Å². The fourth-order valence-corrected chi connectivity index (χ4v) is 4.05. The summed E-state index contributed by atoms with van der Waals surface area (Å²) in [5.74, 6) is -0.451. The van der Waals surface area contributed by atoms with E-state index in [1.807, 2.05) is 36.1 Å². The molecule has 6 nitrogen and oxygen atoms in total. The topological polar surface area (TPSA) is 90.8 Å². The standard InChI is InChI=1S/C17H23N3O3S2/c1-12-15(25-11-19-12)10-13(14-6-5-9-24-14)17(22)18-8-4-2-3-7-16(21)20-23/h5-6,9-12,15,23H,2-4,7-8H2,1H3,(H,18,22)(H,20,21). The molecular formula is C17H23N3O3S2. The maximum atomic E-state index is 12.6. The summed E-state index contributed by atoms with van der Waals surface area (Å²) in [7, 11) is 0. The molecule has 136 valence electrons. The Morgan fingerprint density at radius 1 is 1.36 bits per heavy atom. The Bertz CT molecular complexity index is 629. The molecule has 0 aromatic carbocycles. The van der Waals surface area contributed by atoms with Crippen molar-refractivity contribution >= 4 is 46.0 Å². The van der Waals surface area contributed by atoms with Gasteiger partial charge in [0.2, 0.25) is 5.91 Å². The Hall–Kier alpha value is -1.64. The third-order valence-corrected chi connectivity index (χ3v) is 5.83. The highest BCUT2D eigenvalue weighted by molar-refractivity contribution is 8.13. The molecule has 1 aliphatic heterocycles. The number of carbonyl (C=O) groups is 2. The SMILES string of the molecule is CC1N=CSC1C=C(C(=O)NCCCCCC(=O)NO)c1cccs1. The first kappa shape index (κ1) is 19.7. The molecule has 1 aromatic heterocycles. The highest BCUT2D eigenvalue weighted by Crippen LogP contribution is 2.28. The fraction of sp³-hybridized carbons (Fsp3) is 0.471. The van der Waals surface area contributed by atoms with Gasteiger partial charge in [0.25, 0.3) is 5.91 Å². The Labute approximate surface area is 155 Å². The number of carbonyl (C=O) groups excluding carboxylic acids is 2. The van der Waals surface area contributed by atoms with Crippen LogP contribution in [0.3, 0.4) is 0 Å². The van der Waals surface area contributed by atoms with Gasteiger partial charge in [-0.1, -0.05) is 18.6 Å². The van der Waals surface area contributed by atoms with Gasteiger partial charge in [0.1, 0.15) is 0 Å². The van der Waals surface area contributed by atoms with E-state index >= 15 is 0 Å². The van der Waals surface area contributed by atoms with Gasteiger partial charge in [0, 0.05) is 17.8 Å². The molecule has 8 heteroatoms. The van der Waals surface area contributed by atoms with Gasteiger partial charge in [0.05, 0.1) is 22.4 Å². The van der Waals surface area contributed by atoms with Gasteiger partial charge >= 0.3 is 0 Å². The van der Waals surface area contributed by atoms with Crippen molar-refractivity contribution in [2.24, 2.45) is 4.99 Å². The average Bonchev–Trinajstić information content (AvgIpc) is 3.27. The van der Waals surface area contributed by atoms with E-state index in [-0.39, 0.29) is 23.1 Å². The quantitative estimate of drug-likeness (QED) is 0.265. The summed E-state index contributed by atoms with van der Waals surface area (Å²) in [4.78, 5) is 28.8. The largest absolute Gasteiger partial charge is 0.352 e. The third-order valence-electron chi connectivity index (χ3n) is 3.84. The molecule has 2 rings (SSSR count). The van der Waals surface area contributed by atoms with Crippen LogP contribution in [0.5, 0.6) is 0 Å². The van der Waals surface area contributed by atoms with E-state index in [1.54, 1.807) is 28.6 Å². The van der Waals surface area contributed by atoms with E-state index < -0.39 is 0 Å². The number of hydrogen-bond donors (Lipinski definition) is 3. The van der Waals surface area contributed by atoms with Gasteiger partial charge in [-0.3, -0.25) is 19.8 Å². The van der Waals surface area contributed by atoms with Crippen LogP contribution in [0.1, 0.15) is 37.5 Å². The lowest BCUT2D eigenvalue weighted by molar-refractivity contribution is -0.129. The molecule has 25 heavy (non-hydrogen) atoms. The number of thiophene rings is 1. The number of amides is 2. The van der Waals surface area contributed by atoms with Crippen molar-refractivity contribution in [1.29, 1.82) is 0 Å². The van der Waals surface area contributed by atoms with Gasteiger partial charge in [-0.2, -0.15) is 0 Å². The maximum absolute atomic E-state index is 12.6. The van der Waals surface area contributed by atoms with Crippen molar-refractivity contribution in [2.75, 3.05) is 6.54 Å². The number of aliphatic imine (C=N–C) groups is 1. The number of hydroxylamine groups is 1. The van der Waals surface area contributed by atoms with Crippen LogP contribution in [0.4, 0.5) is 0 Å². The Balaban J connectivity index is 1.85. The molecule has 3 N–H and O–H groups in total. The molecule has 2 unspecified atom stereocenters.